The number of likely N-dealkylation sites (N-methyl/N-ethyl adjacent to an activating group) is 1. The number of piperidine rings is 1. The number of fused-ring (bicyclic) bond motifs is 2. The molecule has 2 N–H and O–H groups in total. The van der Waals surface area contributed by atoms with E-state index >= 15 is 0 Å². The fourth-order valence-electron chi connectivity index (χ4n) is 11.5. The Kier molecular flexibility index (Phi) is 6.13. The maximum absolute atomic E-state index is 13.4. The molecule has 0 radical (unpaired) electrons. The van der Waals surface area contributed by atoms with Crippen molar-refractivity contribution in [3.05, 3.63) is 0 Å². The largest absolute Gasteiger partial charge is 0.462 e. The van der Waals surface area contributed by atoms with Crippen molar-refractivity contribution in [2.45, 2.75) is 87.6 Å². The highest BCUT2D eigenvalue weighted by atomic mass is 16.6. The highest BCUT2D eigenvalue weighted by Gasteiger charge is 2.92. The summed E-state index contributed by atoms with van der Waals surface area (Å²) in [6.07, 6.45) is 1.82. The summed E-state index contributed by atoms with van der Waals surface area (Å²) >= 11 is 0. The van der Waals surface area contributed by atoms with Crippen molar-refractivity contribution in [1.29, 1.82) is 0 Å². The Morgan fingerprint density at radius 3 is 2.51 bits per heavy atom. The molecule has 210 valence electrons. The van der Waals surface area contributed by atoms with Gasteiger partial charge in [0.05, 0.1) is 24.4 Å². The van der Waals surface area contributed by atoms with E-state index in [1.807, 2.05) is 0 Å². The van der Waals surface area contributed by atoms with E-state index in [1.165, 1.54) is 6.92 Å². The quantitative estimate of drug-likeness (QED) is 0.454. The highest BCUT2D eigenvalue weighted by Crippen LogP contribution is 2.81. The first-order chi connectivity index (χ1) is 17.7. The third kappa shape index (κ3) is 2.78. The first-order valence-electron chi connectivity index (χ1n) is 14.1. The van der Waals surface area contributed by atoms with Crippen LogP contribution in [0.5, 0.6) is 0 Å². The van der Waals surface area contributed by atoms with Crippen LogP contribution in [0.1, 0.15) is 46.0 Å². The maximum Gasteiger partial charge on any atom is 0.302 e. The van der Waals surface area contributed by atoms with Crippen LogP contribution in [0.3, 0.4) is 0 Å². The molecule has 0 aromatic rings. The second-order valence-corrected chi connectivity index (χ2v) is 12.8. The lowest BCUT2D eigenvalue weighted by Gasteiger charge is -2.70. The van der Waals surface area contributed by atoms with Crippen molar-refractivity contribution >= 4 is 5.97 Å². The predicted octanol–water partition coefficient (Wildman–Crippen LogP) is 1.23. The maximum atomic E-state index is 13.4. The molecule has 1 saturated heterocycles. The van der Waals surface area contributed by atoms with Crippen molar-refractivity contribution < 1.29 is 38.7 Å². The van der Waals surface area contributed by atoms with Crippen LogP contribution in [0.2, 0.25) is 0 Å². The van der Waals surface area contributed by atoms with Crippen molar-refractivity contribution in [1.82, 2.24) is 4.90 Å². The minimum absolute atomic E-state index is 0.0102. The fourth-order valence-corrected chi connectivity index (χ4v) is 11.5. The zero-order valence-corrected chi connectivity index (χ0v) is 23.1. The second kappa shape index (κ2) is 8.59. The molecule has 6 aliphatic rings. The number of aliphatic hydroxyl groups is 2. The van der Waals surface area contributed by atoms with Gasteiger partial charge < -0.3 is 33.9 Å². The number of rotatable bonds is 8. The Morgan fingerprint density at radius 2 is 1.92 bits per heavy atom. The predicted molar refractivity (Wildman–Crippen MR) is 133 cm³/mol. The molecule has 9 heteroatoms. The molecule has 1 spiro atoms. The van der Waals surface area contributed by atoms with E-state index < -0.39 is 34.9 Å². The number of esters is 1. The summed E-state index contributed by atoms with van der Waals surface area (Å²) in [5.41, 5.74) is -3.26. The van der Waals surface area contributed by atoms with Crippen LogP contribution in [0.4, 0.5) is 0 Å². The van der Waals surface area contributed by atoms with Crippen molar-refractivity contribution in [2.24, 2.45) is 34.5 Å². The fraction of sp³-hybridized carbons (Fsp3) is 0.964. The second-order valence-electron chi connectivity index (χ2n) is 12.8. The molecule has 9 nitrogen and oxygen atoms in total. The van der Waals surface area contributed by atoms with Gasteiger partial charge >= 0.3 is 5.97 Å². The molecule has 13 unspecified atom stereocenters. The Balaban J connectivity index is 1.65. The lowest BCUT2D eigenvalue weighted by atomic mass is 9.42. The monoisotopic (exact) mass is 523 g/mol. The summed E-state index contributed by atoms with van der Waals surface area (Å²) in [6, 6.07) is -0.334. The number of carbonyl (C=O) groups is 1. The van der Waals surface area contributed by atoms with Crippen LogP contribution in [-0.4, -0.2) is 111 Å². The van der Waals surface area contributed by atoms with E-state index in [-0.39, 0.29) is 47.2 Å². The van der Waals surface area contributed by atoms with Crippen molar-refractivity contribution in [2.75, 3.05) is 48.1 Å². The van der Waals surface area contributed by atoms with Gasteiger partial charge in [-0.2, -0.15) is 0 Å². The number of nitrogens with zero attached hydrogens (tertiary/aromatic N) is 1. The number of methoxy groups -OCH3 is 4. The molecule has 1 heterocycles. The first-order valence-corrected chi connectivity index (χ1v) is 14.1. The topological polar surface area (TPSA) is 107 Å². The van der Waals surface area contributed by atoms with Crippen LogP contribution in [0, 0.1) is 34.5 Å². The summed E-state index contributed by atoms with van der Waals surface area (Å²) < 4.78 is 30.7. The molecule has 13 atom stereocenters. The van der Waals surface area contributed by atoms with Gasteiger partial charge in [-0.3, -0.25) is 9.69 Å². The van der Waals surface area contributed by atoms with Crippen LogP contribution in [0.15, 0.2) is 0 Å². The summed E-state index contributed by atoms with van der Waals surface area (Å²) in [5.74, 6) is -0.682. The van der Waals surface area contributed by atoms with Gasteiger partial charge in [0, 0.05) is 78.1 Å². The molecule has 37 heavy (non-hydrogen) atoms. The van der Waals surface area contributed by atoms with Crippen molar-refractivity contribution in [3.63, 3.8) is 0 Å². The Bertz CT molecular complexity index is 930. The van der Waals surface area contributed by atoms with E-state index in [0.29, 0.717) is 19.4 Å². The lowest BCUT2D eigenvalue weighted by Crippen LogP contribution is -2.82. The average molecular weight is 524 g/mol. The number of ether oxygens (including phenoxy) is 5. The third-order valence-corrected chi connectivity index (χ3v) is 12.2. The van der Waals surface area contributed by atoms with Gasteiger partial charge in [-0.05, 0) is 43.6 Å². The molecule has 0 aromatic carbocycles. The molecule has 7 bridgehead atoms. The van der Waals surface area contributed by atoms with Gasteiger partial charge in [-0.1, -0.05) is 6.92 Å². The van der Waals surface area contributed by atoms with Gasteiger partial charge in [-0.25, -0.2) is 0 Å². The number of carbonyl (C=O) groups excluding carboxylic acids is 1. The number of hydrogen-bond acceptors (Lipinski definition) is 9. The van der Waals surface area contributed by atoms with Crippen LogP contribution in [0.25, 0.3) is 0 Å². The summed E-state index contributed by atoms with van der Waals surface area (Å²) in [5, 5.41) is 25.5. The van der Waals surface area contributed by atoms with Gasteiger partial charge in [0.15, 0.2) is 0 Å². The summed E-state index contributed by atoms with van der Waals surface area (Å²) in [4.78, 5) is 14.8. The molecule has 5 saturated carbocycles. The molecule has 0 amide bonds. The minimum Gasteiger partial charge on any atom is -0.462 e. The number of hydrogen-bond donors (Lipinski definition) is 2. The van der Waals surface area contributed by atoms with Gasteiger partial charge in [0.25, 0.3) is 0 Å². The van der Waals surface area contributed by atoms with E-state index in [0.717, 1.165) is 32.4 Å². The molecule has 6 fully saturated rings. The number of aliphatic hydroxyl groups excluding tert-OH is 1. The van der Waals surface area contributed by atoms with Gasteiger partial charge in [0.2, 0.25) is 0 Å². The van der Waals surface area contributed by atoms with Crippen molar-refractivity contribution in [3.8, 4) is 0 Å². The average Bonchev–Trinajstić information content (AvgIpc) is 3.25. The summed E-state index contributed by atoms with van der Waals surface area (Å²) in [6.45, 7) is 5.80. The Morgan fingerprint density at radius 1 is 1.16 bits per heavy atom. The molecule has 1 aliphatic heterocycles. The molecular weight excluding hydrogens is 478 g/mol. The zero-order valence-electron chi connectivity index (χ0n) is 23.1. The Labute approximate surface area is 220 Å². The Hall–Kier alpha value is -0.810. The molecular formula is C28H45NO8. The first kappa shape index (κ1) is 26.4. The van der Waals surface area contributed by atoms with E-state index in [1.54, 1.807) is 28.4 Å². The van der Waals surface area contributed by atoms with Crippen LogP contribution < -0.4 is 0 Å². The molecule has 6 rings (SSSR count). The minimum atomic E-state index is -1.43. The van der Waals surface area contributed by atoms with E-state index in [9.17, 15) is 15.0 Å². The third-order valence-electron chi connectivity index (χ3n) is 12.2. The number of likely N-dealkylation sites (tertiary alicyclic amines) is 1. The molecule has 5 aliphatic carbocycles. The van der Waals surface area contributed by atoms with Crippen LogP contribution >= 0.6 is 0 Å². The highest BCUT2D eigenvalue weighted by molar-refractivity contribution is 5.66. The van der Waals surface area contributed by atoms with Gasteiger partial charge in [-0.15, -0.1) is 0 Å². The standard InChI is InChI=1S/C28H45NO8/c1-7-29-14-25(10-11-33-3)9-8-19(31)27-17-12-16-18(34-4)13-26(36-6,20(17)21(16)37-15(2)30)28(32,24(27)29)23(35-5)22(25)27/h16-24,31-32H,7-14H2,1-6H3. The van der Waals surface area contributed by atoms with E-state index in [4.69, 9.17) is 23.7 Å². The van der Waals surface area contributed by atoms with E-state index in [2.05, 4.69) is 11.8 Å². The van der Waals surface area contributed by atoms with Gasteiger partial charge in [0.1, 0.15) is 17.3 Å². The normalized spacial score (nSPS) is 55.4. The summed E-state index contributed by atoms with van der Waals surface area (Å²) in [7, 11) is 6.80. The van der Waals surface area contributed by atoms with Crippen LogP contribution in [-0.2, 0) is 28.5 Å². The zero-order chi connectivity index (χ0) is 26.5. The smallest absolute Gasteiger partial charge is 0.302 e. The lowest BCUT2D eigenvalue weighted by molar-refractivity contribution is -0.324. The SMILES string of the molecule is CCN1CC2(CCOC)CCC(O)C34C5CC6C(OC)CC(OC)(C5C6OC(C)=O)C(O)(C(OC)C23)C14. The molecule has 0 aromatic heterocycles.